The highest BCUT2D eigenvalue weighted by Crippen LogP contribution is 2.34. The normalized spacial score (nSPS) is 20.8. The largest absolute Gasteiger partial charge is 0.316 e. The number of thioether (sulfide) groups is 1. The van der Waals surface area contributed by atoms with Crippen molar-refractivity contribution in [2.75, 3.05) is 18.6 Å². The van der Waals surface area contributed by atoms with Gasteiger partial charge in [-0.25, -0.2) is 0 Å². The summed E-state index contributed by atoms with van der Waals surface area (Å²) in [6.45, 7) is 2.22. The lowest BCUT2D eigenvalue weighted by atomic mass is 9.98. The molecule has 1 heterocycles. The van der Waals surface area contributed by atoms with E-state index in [1.54, 1.807) is 0 Å². The summed E-state index contributed by atoms with van der Waals surface area (Å²) in [4.78, 5) is 4.57. The molecule has 88 valence electrons. The maximum absolute atomic E-state index is 4.57. The minimum atomic E-state index is 0.570. The Labute approximate surface area is 102 Å². The molecule has 2 nitrogen and oxygen atoms in total. The van der Waals surface area contributed by atoms with Gasteiger partial charge in [-0.2, -0.15) is 11.8 Å². The molecule has 1 aliphatic rings. The minimum absolute atomic E-state index is 0.570. The Morgan fingerprint density at radius 3 is 3.25 bits per heavy atom. The molecule has 0 spiro atoms. The SMILES string of the molecule is CCSCC(NC)C1CCc2cccnc21. The summed E-state index contributed by atoms with van der Waals surface area (Å²) < 4.78 is 0. The third-order valence-electron chi connectivity index (χ3n) is 3.36. The van der Waals surface area contributed by atoms with Crippen molar-refractivity contribution in [1.82, 2.24) is 10.3 Å². The number of nitrogens with zero attached hydrogens (tertiary/aromatic N) is 1. The zero-order valence-corrected chi connectivity index (χ0v) is 10.9. The van der Waals surface area contributed by atoms with Crippen molar-refractivity contribution in [1.29, 1.82) is 0 Å². The predicted molar refractivity (Wildman–Crippen MR) is 71.1 cm³/mol. The van der Waals surface area contributed by atoms with Gasteiger partial charge in [-0.15, -0.1) is 0 Å². The fourth-order valence-corrected chi connectivity index (χ4v) is 3.37. The monoisotopic (exact) mass is 236 g/mol. The molecule has 2 rings (SSSR count). The zero-order valence-electron chi connectivity index (χ0n) is 10.1. The molecule has 0 amide bonds. The highest BCUT2D eigenvalue weighted by molar-refractivity contribution is 7.99. The lowest BCUT2D eigenvalue weighted by molar-refractivity contribution is 0.491. The van der Waals surface area contributed by atoms with Crippen LogP contribution in [0.25, 0.3) is 0 Å². The molecule has 2 unspecified atom stereocenters. The van der Waals surface area contributed by atoms with E-state index in [-0.39, 0.29) is 0 Å². The van der Waals surface area contributed by atoms with Gasteiger partial charge in [-0.05, 0) is 37.3 Å². The van der Waals surface area contributed by atoms with E-state index in [9.17, 15) is 0 Å². The van der Waals surface area contributed by atoms with Gasteiger partial charge in [0.1, 0.15) is 0 Å². The molecule has 0 bridgehead atoms. The number of nitrogens with one attached hydrogen (secondary N) is 1. The molecular formula is C13H20N2S. The third-order valence-corrected chi connectivity index (χ3v) is 4.36. The molecule has 1 N–H and O–H groups in total. The van der Waals surface area contributed by atoms with Crippen LogP contribution < -0.4 is 5.32 Å². The number of pyridine rings is 1. The van der Waals surface area contributed by atoms with Crippen molar-refractivity contribution in [3.05, 3.63) is 29.6 Å². The molecular weight excluding hydrogens is 216 g/mol. The van der Waals surface area contributed by atoms with Crippen molar-refractivity contribution in [2.45, 2.75) is 31.7 Å². The van der Waals surface area contributed by atoms with Crippen molar-refractivity contribution >= 4 is 11.8 Å². The summed E-state index contributed by atoms with van der Waals surface area (Å²) in [6, 6.07) is 4.85. The van der Waals surface area contributed by atoms with Gasteiger partial charge in [-0.3, -0.25) is 4.98 Å². The summed E-state index contributed by atoms with van der Waals surface area (Å²) in [5.41, 5.74) is 2.79. The van der Waals surface area contributed by atoms with E-state index < -0.39 is 0 Å². The van der Waals surface area contributed by atoms with Gasteiger partial charge >= 0.3 is 0 Å². The molecule has 1 aliphatic carbocycles. The lowest BCUT2D eigenvalue weighted by Gasteiger charge is -2.22. The quantitative estimate of drug-likeness (QED) is 0.850. The Morgan fingerprint density at radius 2 is 2.50 bits per heavy atom. The first-order chi connectivity index (χ1) is 7.86. The minimum Gasteiger partial charge on any atom is -0.316 e. The van der Waals surface area contributed by atoms with E-state index >= 15 is 0 Å². The lowest BCUT2D eigenvalue weighted by Crippen LogP contribution is -2.34. The van der Waals surface area contributed by atoms with E-state index in [2.05, 4.69) is 36.4 Å². The van der Waals surface area contributed by atoms with Crippen LogP contribution in [0, 0.1) is 0 Å². The first-order valence-electron chi connectivity index (χ1n) is 6.05. The Balaban J connectivity index is 2.10. The molecule has 1 aromatic rings. The second kappa shape index (κ2) is 5.69. The number of likely N-dealkylation sites (N-methyl/N-ethyl adjacent to an activating group) is 1. The van der Waals surface area contributed by atoms with Crippen LogP contribution in [0.4, 0.5) is 0 Å². The van der Waals surface area contributed by atoms with Gasteiger partial charge in [0.25, 0.3) is 0 Å². The molecule has 0 aliphatic heterocycles. The Morgan fingerprint density at radius 1 is 1.62 bits per heavy atom. The topological polar surface area (TPSA) is 24.9 Å². The van der Waals surface area contributed by atoms with Crippen molar-refractivity contribution in [3.63, 3.8) is 0 Å². The van der Waals surface area contributed by atoms with Gasteiger partial charge in [0.2, 0.25) is 0 Å². The summed E-state index contributed by atoms with van der Waals surface area (Å²) in [5.74, 6) is 2.99. The van der Waals surface area contributed by atoms with Crippen LogP contribution in [0.15, 0.2) is 18.3 Å². The smallest absolute Gasteiger partial charge is 0.0482 e. The van der Waals surface area contributed by atoms with Crippen LogP contribution in [0.5, 0.6) is 0 Å². The molecule has 2 atom stereocenters. The van der Waals surface area contributed by atoms with E-state index in [1.807, 2.05) is 18.0 Å². The molecule has 0 radical (unpaired) electrons. The number of rotatable bonds is 5. The Kier molecular flexibility index (Phi) is 4.24. The Hall–Kier alpha value is -0.540. The van der Waals surface area contributed by atoms with Crippen LogP contribution in [0.3, 0.4) is 0 Å². The number of fused-ring (bicyclic) bond motifs is 1. The van der Waals surface area contributed by atoms with Crippen molar-refractivity contribution in [2.24, 2.45) is 0 Å². The van der Waals surface area contributed by atoms with Crippen LogP contribution in [0.2, 0.25) is 0 Å². The highest BCUT2D eigenvalue weighted by Gasteiger charge is 2.29. The first-order valence-corrected chi connectivity index (χ1v) is 7.21. The Bertz CT molecular complexity index is 340. The van der Waals surface area contributed by atoms with Gasteiger partial charge in [0.05, 0.1) is 0 Å². The van der Waals surface area contributed by atoms with Gasteiger partial charge in [0.15, 0.2) is 0 Å². The molecule has 0 fully saturated rings. The van der Waals surface area contributed by atoms with E-state index in [1.165, 1.54) is 35.6 Å². The number of hydrogen-bond acceptors (Lipinski definition) is 3. The molecule has 0 saturated carbocycles. The van der Waals surface area contributed by atoms with Crippen molar-refractivity contribution in [3.8, 4) is 0 Å². The fraction of sp³-hybridized carbons (Fsp3) is 0.615. The molecule has 3 heteroatoms. The average Bonchev–Trinajstić information content (AvgIpc) is 2.75. The number of aromatic nitrogens is 1. The van der Waals surface area contributed by atoms with E-state index in [0.717, 1.165) is 0 Å². The molecule has 0 aromatic carbocycles. The highest BCUT2D eigenvalue weighted by atomic mass is 32.2. The molecule has 0 saturated heterocycles. The summed E-state index contributed by atoms with van der Waals surface area (Å²) >= 11 is 2.01. The zero-order chi connectivity index (χ0) is 11.4. The summed E-state index contributed by atoms with van der Waals surface area (Å²) in [6.07, 6.45) is 4.38. The fourth-order valence-electron chi connectivity index (χ4n) is 2.48. The molecule has 16 heavy (non-hydrogen) atoms. The van der Waals surface area contributed by atoms with Crippen LogP contribution in [-0.4, -0.2) is 29.6 Å². The number of hydrogen-bond donors (Lipinski definition) is 1. The second-order valence-corrected chi connectivity index (χ2v) is 5.57. The van der Waals surface area contributed by atoms with Crippen LogP contribution in [-0.2, 0) is 6.42 Å². The number of aryl methyl sites for hydroxylation is 1. The average molecular weight is 236 g/mol. The van der Waals surface area contributed by atoms with Crippen LogP contribution in [0.1, 0.15) is 30.5 Å². The van der Waals surface area contributed by atoms with Crippen molar-refractivity contribution < 1.29 is 0 Å². The van der Waals surface area contributed by atoms with E-state index in [0.29, 0.717) is 12.0 Å². The van der Waals surface area contributed by atoms with Crippen LogP contribution >= 0.6 is 11.8 Å². The summed E-state index contributed by atoms with van der Waals surface area (Å²) in [7, 11) is 2.07. The van der Waals surface area contributed by atoms with Gasteiger partial charge in [-0.1, -0.05) is 13.0 Å². The summed E-state index contributed by atoms with van der Waals surface area (Å²) in [5, 5.41) is 3.46. The first kappa shape index (κ1) is 11.9. The van der Waals surface area contributed by atoms with Gasteiger partial charge < -0.3 is 5.32 Å². The predicted octanol–water partition coefficient (Wildman–Crippen LogP) is 2.45. The van der Waals surface area contributed by atoms with Gasteiger partial charge in [0, 0.05) is 29.6 Å². The maximum atomic E-state index is 4.57. The third kappa shape index (κ3) is 2.41. The van der Waals surface area contributed by atoms with E-state index in [4.69, 9.17) is 0 Å². The standard InChI is InChI=1S/C13H20N2S/c1-3-16-9-12(14-2)11-7-6-10-5-4-8-15-13(10)11/h4-5,8,11-12,14H,3,6-7,9H2,1-2H3. The molecule has 1 aromatic heterocycles. The second-order valence-electron chi connectivity index (χ2n) is 4.25. The maximum Gasteiger partial charge on any atom is 0.0482 e.